The highest BCUT2D eigenvalue weighted by Crippen LogP contribution is 2.36. The first-order valence-corrected chi connectivity index (χ1v) is 7.48. The van der Waals surface area contributed by atoms with Crippen LogP contribution in [0.2, 0.25) is 5.15 Å². The summed E-state index contributed by atoms with van der Waals surface area (Å²) in [5, 5.41) is 0.427. The Morgan fingerprint density at radius 1 is 1.25 bits per heavy atom. The van der Waals surface area contributed by atoms with Gasteiger partial charge in [-0.1, -0.05) is 24.9 Å². The van der Waals surface area contributed by atoms with Gasteiger partial charge >= 0.3 is 0 Å². The van der Waals surface area contributed by atoms with Crippen LogP contribution in [0.25, 0.3) is 11.4 Å². The Hall–Kier alpha value is -1.33. The molecule has 0 aliphatic carbocycles. The molecule has 0 spiro atoms. The van der Waals surface area contributed by atoms with E-state index in [1.807, 2.05) is 18.2 Å². The van der Waals surface area contributed by atoms with E-state index in [2.05, 4.69) is 32.8 Å². The van der Waals surface area contributed by atoms with E-state index in [1.54, 1.807) is 0 Å². The van der Waals surface area contributed by atoms with Gasteiger partial charge in [0.25, 0.3) is 0 Å². The molecule has 0 radical (unpaired) electrons. The van der Waals surface area contributed by atoms with Crippen LogP contribution in [0.4, 0.5) is 0 Å². The van der Waals surface area contributed by atoms with E-state index in [9.17, 15) is 0 Å². The van der Waals surface area contributed by atoms with Crippen LogP contribution < -0.4 is 9.47 Å². The highest BCUT2D eigenvalue weighted by molar-refractivity contribution is 9.10. The molecule has 104 valence electrons. The molecule has 4 nitrogen and oxygen atoms in total. The maximum absolute atomic E-state index is 6.17. The molecule has 2 aromatic rings. The normalized spacial score (nSPS) is 12.8. The fourth-order valence-electron chi connectivity index (χ4n) is 2.03. The summed E-state index contributed by atoms with van der Waals surface area (Å²) in [5.41, 5.74) is 1.78. The van der Waals surface area contributed by atoms with E-state index in [0.29, 0.717) is 16.7 Å². The van der Waals surface area contributed by atoms with Gasteiger partial charge in [0.05, 0.1) is 10.2 Å². The van der Waals surface area contributed by atoms with Crippen molar-refractivity contribution in [2.24, 2.45) is 0 Å². The maximum atomic E-state index is 6.17. The number of hydrogen-bond acceptors (Lipinski definition) is 4. The quantitative estimate of drug-likeness (QED) is 0.772. The molecule has 0 amide bonds. The summed E-state index contributed by atoms with van der Waals surface area (Å²) in [6, 6.07) is 5.64. The van der Waals surface area contributed by atoms with Gasteiger partial charge < -0.3 is 9.47 Å². The predicted octanol–water partition coefficient (Wildman–Crippen LogP) is 4.24. The standard InChI is InChI=1S/C14H12BrClN2O2/c1-2-3-9-12(15)13(16)18-14(17-9)8-4-5-10-11(6-8)20-7-19-10/h4-6H,2-3,7H2,1H3. The number of ether oxygens (including phenoxy) is 2. The van der Waals surface area contributed by atoms with Gasteiger partial charge in [0.2, 0.25) is 6.79 Å². The van der Waals surface area contributed by atoms with E-state index in [1.165, 1.54) is 0 Å². The van der Waals surface area contributed by atoms with Crippen LogP contribution in [-0.4, -0.2) is 16.8 Å². The van der Waals surface area contributed by atoms with Crippen LogP contribution in [-0.2, 0) is 6.42 Å². The number of halogens is 2. The van der Waals surface area contributed by atoms with Gasteiger partial charge in [-0.2, -0.15) is 0 Å². The summed E-state index contributed by atoms with van der Waals surface area (Å²) < 4.78 is 11.4. The third-order valence-corrected chi connectivity index (χ3v) is 4.33. The van der Waals surface area contributed by atoms with Crippen molar-refractivity contribution in [3.63, 3.8) is 0 Å². The lowest BCUT2D eigenvalue weighted by atomic mass is 10.1. The van der Waals surface area contributed by atoms with Crippen LogP contribution in [0.3, 0.4) is 0 Å². The Morgan fingerprint density at radius 2 is 2.05 bits per heavy atom. The molecule has 0 atom stereocenters. The molecule has 0 saturated carbocycles. The second-order valence-corrected chi connectivity index (χ2v) is 5.57. The topological polar surface area (TPSA) is 44.2 Å². The number of nitrogens with zero attached hydrogens (tertiary/aromatic N) is 2. The summed E-state index contributed by atoms with van der Waals surface area (Å²) >= 11 is 9.60. The van der Waals surface area contributed by atoms with E-state index in [4.69, 9.17) is 21.1 Å². The van der Waals surface area contributed by atoms with E-state index in [0.717, 1.165) is 34.3 Å². The summed E-state index contributed by atoms with van der Waals surface area (Å²) in [5.74, 6) is 2.05. The number of aromatic nitrogens is 2. The number of aryl methyl sites for hydroxylation is 1. The third-order valence-electron chi connectivity index (χ3n) is 3.00. The van der Waals surface area contributed by atoms with Gasteiger partial charge in [0.1, 0.15) is 5.15 Å². The van der Waals surface area contributed by atoms with Crippen LogP contribution in [0, 0.1) is 0 Å². The average molecular weight is 356 g/mol. The Kier molecular flexibility index (Phi) is 3.81. The van der Waals surface area contributed by atoms with Crippen molar-refractivity contribution in [1.29, 1.82) is 0 Å². The molecule has 1 aliphatic heterocycles. The highest BCUT2D eigenvalue weighted by Gasteiger charge is 2.17. The molecule has 20 heavy (non-hydrogen) atoms. The Balaban J connectivity index is 2.05. The molecule has 0 saturated heterocycles. The first kappa shape index (κ1) is 13.6. The monoisotopic (exact) mass is 354 g/mol. The zero-order chi connectivity index (χ0) is 14.1. The van der Waals surface area contributed by atoms with E-state index >= 15 is 0 Å². The van der Waals surface area contributed by atoms with Gasteiger partial charge in [-0.05, 0) is 40.5 Å². The van der Waals surface area contributed by atoms with Crippen LogP contribution >= 0.6 is 27.5 Å². The maximum Gasteiger partial charge on any atom is 0.231 e. The van der Waals surface area contributed by atoms with Gasteiger partial charge in [0, 0.05) is 5.56 Å². The SMILES string of the molecule is CCCc1nc(-c2ccc3c(c2)OCO3)nc(Cl)c1Br. The largest absolute Gasteiger partial charge is 0.454 e. The minimum Gasteiger partial charge on any atom is -0.454 e. The van der Waals surface area contributed by atoms with E-state index < -0.39 is 0 Å². The van der Waals surface area contributed by atoms with Gasteiger partial charge in [0.15, 0.2) is 17.3 Å². The molecule has 6 heteroatoms. The van der Waals surface area contributed by atoms with Crippen LogP contribution in [0.5, 0.6) is 11.5 Å². The minimum atomic E-state index is 0.252. The number of rotatable bonds is 3. The Bertz CT molecular complexity index is 664. The van der Waals surface area contributed by atoms with Crippen LogP contribution in [0.1, 0.15) is 19.0 Å². The molecular formula is C14H12BrClN2O2. The van der Waals surface area contributed by atoms with Crippen molar-refractivity contribution in [2.45, 2.75) is 19.8 Å². The van der Waals surface area contributed by atoms with Crippen molar-refractivity contribution < 1.29 is 9.47 Å². The van der Waals surface area contributed by atoms with Crippen LogP contribution in [0.15, 0.2) is 22.7 Å². The van der Waals surface area contributed by atoms with Crippen molar-refractivity contribution >= 4 is 27.5 Å². The van der Waals surface area contributed by atoms with Gasteiger partial charge in [-0.3, -0.25) is 0 Å². The van der Waals surface area contributed by atoms with Crippen molar-refractivity contribution in [3.8, 4) is 22.9 Å². The Labute approximate surface area is 130 Å². The molecule has 1 aliphatic rings. The fourth-order valence-corrected chi connectivity index (χ4v) is 2.59. The molecule has 0 N–H and O–H groups in total. The lowest BCUT2D eigenvalue weighted by Crippen LogP contribution is -1.98. The van der Waals surface area contributed by atoms with Crippen molar-refractivity contribution in [2.75, 3.05) is 6.79 Å². The van der Waals surface area contributed by atoms with E-state index in [-0.39, 0.29) is 6.79 Å². The number of hydrogen-bond donors (Lipinski definition) is 0. The predicted molar refractivity (Wildman–Crippen MR) is 80.3 cm³/mol. The number of fused-ring (bicyclic) bond motifs is 1. The first-order chi connectivity index (χ1) is 9.69. The molecule has 1 aromatic heterocycles. The first-order valence-electron chi connectivity index (χ1n) is 6.31. The smallest absolute Gasteiger partial charge is 0.231 e. The second-order valence-electron chi connectivity index (χ2n) is 4.42. The molecule has 2 heterocycles. The summed E-state index contributed by atoms with van der Waals surface area (Å²) in [6.07, 6.45) is 1.84. The average Bonchev–Trinajstić information content (AvgIpc) is 2.91. The summed E-state index contributed by atoms with van der Waals surface area (Å²) in [6.45, 7) is 2.35. The summed E-state index contributed by atoms with van der Waals surface area (Å²) in [7, 11) is 0. The zero-order valence-electron chi connectivity index (χ0n) is 10.8. The zero-order valence-corrected chi connectivity index (χ0v) is 13.2. The van der Waals surface area contributed by atoms with Crippen molar-refractivity contribution in [1.82, 2.24) is 9.97 Å². The molecular weight excluding hydrogens is 344 g/mol. The highest BCUT2D eigenvalue weighted by atomic mass is 79.9. The molecule has 1 aromatic carbocycles. The Morgan fingerprint density at radius 3 is 2.85 bits per heavy atom. The van der Waals surface area contributed by atoms with Gasteiger partial charge in [-0.15, -0.1) is 0 Å². The van der Waals surface area contributed by atoms with Gasteiger partial charge in [-0.25, -0.2) is 9.97 Å². The van der Waals surface area contributed by atoms with Crippen molar-refractivity contribution in [3.05, 3.63) is 33.5 Å². The fraction of sp³-hybridized carbons (Fsp3) is 0.286. The molecule has 0 fully saturated rings. The lowest BCUT2D eigenvalue weighted by molar-refractivity contribution is 0.174. The minimum absolute atomic E-state index is 0.252. The second kappa shape index (κ2) is 5.58. The third kappa shape index (κ3) is 2.47. The molecule has 0 unspecified atom stereocenters. The lowest BCUT2D eigenvalue weighted by Gasteiger charge is -2.08. The number of benzene rings is 1. The summed E-state index contributed by atoms with van der Waals surface area (Å²) in [4.78, 5) is 8.90. The molecule has 3 rings (SSSR count). The molecule has 0 bridgehead atoms.